The minimum atomic E-state index is -0.229. The topological polar surface area (TPSA) is 9.23 Å². The maximum atomic E-state index is 13.4. The number of alkyl halides is 1. The molecular weight excluding hydrogens is 307 g/mol. The van der Waals surface area contributed by atoms with Gasteiger partial charge in [0, 0.05) is 17.3 Å². The maximum Gasteiger partial charge on any atom is 0.129 e. The summed E-state index contributed by atoms with van der Waals surface area (Å²) in [4.78, 5) is 0. The van der Waals surface area contributed by atoms with Gasteiger partial charge in [0.2, 0.25) is 0 Å². The third-order valence-corrected chi connectivity index (χ3v) is 3.83. The lowest BCUT2D eigenvalue weighted by Gasteiger charge is -2.16. The zero-order chi connectivity index (χ0) is 13.7. The lowest BCUT2D eigenvalue weighted by atomic mass is 10.0. The van der Waals surface area contributed by atoms with E-state index in [1.54, 1.807) is 19.1 Å². The predicted molar refractivity (Wildman–Crippen MR) is 79.6 cm³/mol. The fraction of sp³-hybridized carbons (Fsp3) is 0.250. The van der Waals surface area contributed by atoms with Crippen LogP contribution in [0.15, 0.2) is 48.5 Å². The number of aryl methyl sites for hydroxylation is 1. The van der Waals surface area contributed by atoms with Gasteiger partial charge in [0.25, 0.3) is 0 Å². The summed E-state index contributed by atoms with van der Waals surface area (Å²) in [6.07, 6.45) is 0. The molecule has 1 unspecified atom stereocenters. The highest BCUT2D eigenvalue weighted by Gasteiger charge is 2.11. The van der Waals surface area contributed by atoms with Crippen molar-refractivity contribution in [1.82, 2.24) is 0 Å². The molecule has 0 N–H and O–H groups in total. The largest absolute Gasteiger partial charge is 0.493 e. The standard InChI is InChI=1S/C16H16BrFO/c1-12-7-8-15(9-16(12)18)19-11-14(10-17)13-5-3-2-4-6-13/h2-9,14H,10-11H2,1H3. The molecule has 0 aliphatic heterocycles. The van der Waals surface area contributed by atoms with Crippen LogP contribution in [-0.2, 0) is 0 Å². The average molecular weight is 323 g/mol. The summed E-state index contributed by atoms with van der Waals surface area (Å²) in [5, 5.41) is 0.811. The number of hydrogen-bond acceptors (Lipinski definition) is 1. The second kappa shape index (κ2) is 6.71. The lowest BCUT2D eigenvalue weighted by Crippen LogP contribution is -2.11. The molecule has 0 aromatic heterocycles. The van der Waals surface area contributed by atoms with Crippen molar-refractivity contribution in [2.45, 2.75) is 12.8 Å². The summed E-state index contributed by atoms with van der Waals surface area (Å²) in [5.74, 6) is 0.600. The van der Waals surface area contributed by atoms with Gasteiger partial charge in [-0.3, -0.25) is 0 Å². The van der Waals surface area contributed by atoms with Gasteiger partial charge < -0.3 is 4.74 Å². The van der Waals surface area contributed by atoms with E-state index in [2.05, 4.69) is 28.1 Å². The van der Waals surface area contributed by atoms with Crippen LogP contribution in [0.25, 0.3) is 0 Å². The molecule has 3 heteroatoms. The normalized spacial score (nSPS) is 12.2. The molecule has 2 rings (SSSR count). The number of rotatable bonds is 5. The Morgan fingerprint density at radius 3 is 2.53 bits per heavy atom. The fourth-order valence-corrected chi connectivity index (χ4v) is 2.38. The smallest absolute Gasteiger partial charge is 0.129 e. The van der Waals surface area contributed by atoms with E-state index in [0.717, 1.165) is 5.33 Å². The highest BCUT2D eigenvalue weighted by atomic mass is 79.9. The van der Waals surface area contributed by atoms with Crippen molar-refractivity contribution in [2.75, 3.05) is 11.9 Å². The van der Waals surface area contributed by atoms with Gasteiger partial charge in [0.1, 0.15) is 11.6 Å². The van der Waals surface area contributed by atoms with Gasteiger partial charge in [-0.15, -0.1) is 0 Å². The minimum absolute atomic E-state index is 0.229. The molecule has 100 valence electrons. The molecule has 0 amide bonds. The molecule has 19 heavy (non-hydrogen) atoms. The van der Waals surface area contributed by atoms with E-state index in [4.69, 9.17) is 4.74 Å². The average Bonchev–Trinajstić information content (AvgIpc) is 2.44. The van der Waals surface area contributed by atoms with Crippen LogP contribution in [0.4, 0.5) is 4.39 Å². The predicted octanol–water partition coefficient (Wildman–Crippen LogP) is 4.69. The van der Waals surface area contributed by atoms with Gasteiger partial charge in [-0.2, -0.15) is 0 Å². The number of hydrogen-bond donors (Lipinski definition) is 0. The highest BCUT2D eigenvalue weighted by Crippen LogP contribution is 2.21. The number of ether oxygens (including phenoxy) is 1. The van der Waals surface area contributed by atoms with E-state index >= 15 is 0 Å². The first kappa shape index (κ1) is 14.1. The van der Waals surface area contributed by atoms with Gasteiger partial charge in [0.15, 0.2) is 0 Å². The summed E-state index contributed by atoms with van der Waals surface area (Å²) in [6.45, 7) is 2.27. The van der Waals surface area contributed by atoms with Gasteiger partial charge in [0.05, 0.1) is 6.61 Å². The van der Waals surface area contributed by atoms with E-state index in [9.17, 15) is 4.39 Å². The molecule has 0 aliphatic carbocycles. The molecule has 0 radical (unpaired) electrons. The van der Waals surface area contributed by atoms with Crippen molar-refractivity contribution in [2.24, 2.45) is 0 Å². The molecule has 1 nitrogen and oxygen atoms in total. The summed E-state index contributed by atoms with van der Waals surface area (Å²) < 4.78 is 19.1. The van der Waals surface area contributed by atoms with Crippen LogP contribution in [0, 0.1) is 12.7 Å². The summed E-state index contributed by atoms with van der Waals surface area (Å²) in [6, 6.07) is 15.1. The maximum absolute atomic E-state index is 13.4. The first-order valence-electron chi connectivity index (χ1n) is 6.20. The van der Waals surface area contributed by atoms with E-state index in [0.29, 0.717) is 17.9 Å². The molecule has 0 fully saturated rings. The molecule has 2 aromatic carbocycles. The van der Waals surface area contributed by atoms with Gasteiger partial charge in [-0.1, -0.05) is 52.3 Å². The highest BCUT2D eigenvalue weighted by molar-refractivity contribution is 9.09. The first-order chi connectivity index (χ1) is 9.20. The van der Waals surface area contributed by atoms with E-state index in [1.165, 1.54) is 11.6 Å². The third kappa shape index (κ3) is 3.80. The zero-order valence-electron chi connectivity index (χ0n) is 10.8. The molecule has 0 bridgehead atoms. The Bertz CT molecular complexity index is 528. The van der Waals surface area contributed by atoms with Crippen molar-refractivity contribution >= 4 is 15.9 Å². The van der Waals surface area contributed by atoms with E-state index in [1.807, 2.05) is 18.2 Å². The number of benzene rings is 2. The Morgan fingerprint density at radius 1 is 1.16 bits per heavy atom. The van der Waals surface area contributed by atoms with Crippen LogP contribution in [-0.4, -0.2) is 11.9 Å². The Hall–Kier alpha value is -1.35. The molecule has 0 saturated carbocycles. The van der Waals surface area contributed by atoms with Crippen LogP contribution in [0.2, 0.25) is 0 Å². The molecule has 2 aromatic rings. The van der Waals surface area contributed by atoms with Gasteiger partial charge in [-0.25, -0.2) is 4.39 Å². The van der Waals surface area contributed by atoms with Crippen LogP contribution in [0.5, 0.6) is 5.75 Å². The summed E-state index contributed by atoms with van der Waals surface area (Å²) in [7, 11) is 0. The van der Waals surface area contributed by atoms with Crippen LogP contribution in [0.3, 0.4) is 0 Å². The van der Waals surface area contributed by atoms with Crippen LogP contribution >= 0.6 is 15.9 Å². The second-order valence-corrected chi connectivity index (χ2v) is 5.13. The van der Waals surface area contributed by atoms with Gasteiger partial charge in [-0.05, 0) is 24.1 Å². The summed E-state index contributed by atoms with van der Waals surface area (Å²) in [5.41, 5.74) is 1.85. The van der Waals surface area contributed by atoms with Crippen molar-refractivity contribution in [3.63, 3.8) is 0 Å². The van der Waals surface area contributed by atoms with Crippen molar-refractivity contribution < 1.29 is 9.13 Å². The third-order valence-electron chi connectivity index (χ3n) is 3.05. The molecule has 1 atom stereocenters. The fourth-order valence-electron chi connectivity index (χ4n) is 1.82. The zero-order valence-corrected chi connectivity index (χ0v) is 12.4. The molecular formula is C16H16BrFO. The quantitative estimate of drug-likeness (QED) is 0.725. The molecule has 0 saturated heterocycles. The number of halogens is 2. The van der Waals surface area contributed by atoms with Crippen molar-refractivity contribution in [1.29, 1.82) is 0 Å². The van der Waals surface area contributed by atoms with Crippen molar-refractivity contribution in [3.05, 3.63) is 65.5 Å². The Balaban J connectivity index is 2.02. The lowest BCUT2D eigenvalue weighted by molar-refractivity contribution is 0.296. The van der Waals surface area contributed by atoms with Crippen molar-refractivity contribution in [3.8, 4) is 5.75 Å². The SMILES string of the molecule is Cc1ccc(OCC(CBr)c2ccccc2)cc1F. The summed E-state index contributed by atoms with van der Waals surface area (Å²) >= 11 is 3.50. The Labute approximate surface area is 121 Å². The monoisotopic (exact) mass is 322 g/mol. The van der Waals surface area contributed by atoms with Gasteiger partial charge >= 0.3 is 0 Å². The Morgan fingerprint density at radius 2 is 1.89 bits per heavy atom. The minimum Gasteiger partial charge on any atom is -0.493 e. The van der Waals surface area contributed by atoms with Crippen LogP contribution < -0.4 is 4.74 Å². The van der Waals surface area contributed by atoms with Crippen LogP contribution in [0.1, 0.15) is 17.0 Å². The van der Waals surface area contributed by atoms with E-state index < -0.39 is 0 Å². The van der Waals surface area contributed by atoms with E-state index in [-0.39, 0.29) is 11.7 Å². The molecule has 0 spiro atoms. The first-order valence-corrected chi connectivity index (χ1v) is 7.32. The molecule has 0 heterocycles. The Kier molecular flexibility index (Phi) is 4.97. The second-order valence-electron chi connectivity index (χ2n) is 4.48. The molecule has 0 aliphatic rings.